The highest BCUT2D eigenvalue weighted by Gasteiger charge is 2.19. The van der Waals surface area contributed by atoms with Crippen LogP contribution in [0.4, 0.5) is 0 Å². The van der Waals surface area contributed by atoms with Crippen molar-refractivity contribution in [3.05, 3.63) is 51.5 Å². The lowest BCUT2D eigenvalue weighted by atomic mass is 10.2. The Morgan fingerprint density at radius 2 is 1.95 bits per heavy atom. The van der Waals surface area contributed by atoms with E-state index in [9.17, 15) is 9.59 Å². The van der Waals surface area contributed by atoms with Crippen molar-refractivity contribution in [1.82, 2.24) is 9.88 Å². The number of hydrogen-bond acceptors (Lipinski definition) is 4. The summed E-state index contributed by atoms with van der Waals surface area (Å²) in [7, 11) is 1.74. The summed E-state index contributed by atoms with van der Waals surface area (Å²) in [6, 6.07) is 9.72. The number of carboxylic acid groups (broad SMARTS) is 1. The maximum Gasteiger partial charge on any atom is 0.347 e. The van der Waals surface area contributed by atoms with Gasteiger partial charge in [-0.3, -0.25) is 4.79 Å². The molecule has 0 aliphatic heterocycles. The molecule has 0 radical (unpaired) electrons. The van der Waals surface area contributed by atoms with E-state index >= 15 is 0 Å². The van der Waals surface area contributed by atoms with Gasteiger partial charge in [-0.25, -0.2) is 9.78 Å². The molecule has 1 aromatic carbocycles. The van der Waals surface area contributed by atoms with E-state index in [1.807, 2.05) is 37.3 Å². The lowest BCUT2D eigenvalue weighted by Crippen LogP contribution is -2.27. The zero-order valence-corrected chi connectivity index (χ0v) is 13.4. The fraction of sp³-hybridized carbons (Fsp3) is 0.312. The van der Waals surface area contributed by atoms with Gasteiger partial charge in [0.15, 0.2) is 0 Å². The van der Waals surface area contributed by atoms with Crippen LogP contribution < -0.4 is 0 Å². The number of hydrogen-bond donors (Lipinski definition) is 1. The summed E-state index contributed by atoms with van der Waals surface area (Å²) in [5.41, 5.74) is 1.60. The Morgan fingerprint density at radius 3 is 2.50 bits per heavy atom. The number of amides is 1. The highest BCUT2D eigenvalue weighted by Crippen LogP contribution is 2.20. The number of thiazole rings is 1. The molecule has 1 N–H and O–H groups in total. The molecule has 0 bridgehead atoms. The summed E-state index contributed by atoms with van der Waals surface area (Å²) in [6.45, 7) is 2.38. The van der Waals surface area contributed by atoms with Gasteiger partial charge < -0.3 is 10.0 Å². The molecular formula is C16H18N2O3S. The molecule has 2 aromatic rings. The summed E-state index contributed by atoms with van der Waals surface area (Å²) in [6.07, 6.45) is 0.681. The second-order valence-corrected chi connectivity index (χ2v) is 6.04. The first-order valence-corrected chi connectivity index (χ1v) is 7.82. The largest absolute Gasteiger partial charge is 0.477 e. The molecule has 0 spiro atoms. The van der Waals surface area contributed by atoms with Crippen LogP contribution in [0.2, 0.25) is 0 Å². The minimum Gasteiger partial charge on any atom is -0.477 e. The number of carbonyl (C=O) groups is 2. The van der Waals surface area contributed by atoms with Gasteiger partial charge in [-0.15, -0.1) is 11.3 Å². The first-order valence-electron chi connectivity index (χ1n) is 7.01. The number of aromatic carboxylic acids is 1. The van der Waals surface area contributed by atoms with Crippen molar-refractivity contribution in [3.8, 4) is 0 Å². The Labute approximate surface area is 133 Å². The number of aromatic nitrogens is 1. The van der Waals surface area contributed by atoms with E-state index in [0.717, 1.165) is 16.9 Å². The third-order valence-corrected chi connectivity index (χ3v) is 4.35. The van der Waals surface area contributed by atoms with Gasteiger partial charge in [0.2, 0.25) is 5.91 Å². The SMILES string of the molecule is CCc1nc(CC(=O)N(C)Cc2ccccc2)sc1C(=O)O. The predicted octanol–water partition coefficient (Wildman–Crippen LogP) is 2.60. The Kier molecular flexibility index (Phi) is 5.27. The monoisotopic (exact) mass is 318 g/mol. The fourth-order valence-electron chi connectivity index (χ4n) is 2.09. The van der Waals surface area contributed by atoms with Crippen LogP contribution in [0.1, 0.15) is 32.9 Å². The molecule has 5 nitrogen and oxygen atoms in total. The molecule has 0 aliphatic rings. The van der Waals surface area contributed by atoms with E-state index in [-0.39, 0.29) is 17.2 Å². The molecule has 116 valence electrons. The first kappa shape index (κ1) is 16.2. The number of aryl methyl sites for hydroxylation is 1. The van der Waals surface area contributed by atoms with Crippen LogP contribution in [0.3, 0.4) is 0 Å². The van der Waals surface area contributed by atoms with E-state index < -0.39 is 5.97 Å². The van der Waals surface area contributed by atoms with Crippen LogP contribution in [-0.2, 0) is 24.2 Å². The summed E-state index contributed by atoms with van der Waals surface area (Å²) in [4.78, 5) is 29.5. The van der Waals surface area contributed by atoms with Crippen LogP contribution >= 0.6 is 11.3 Å². The lowest BCUT2D eigenvalue weighted by molar-refractivity contribution is -0.129. The molecule has 0 unspecified atom stereocenters. The number of rotatable bonds is 6. The van der Waals surface area contributed by atoms with Crippen LogP contribution in [-0.4, -0.2) is 33.9 Å². The maximum atomic E-state index is 12.2. The maximum absolute atomic E-state index is 12.2. The molecule has 0 saturated heterocycles. The number of carboxylic acids is 1. The van der Waals surface area contributed by atoms with Gasteiger partial charge in [0.1, 0.15) is 9.88 Å². The highest BCUT2D eigenvalue weighted by atomic mass is 32.1. The molecular weight excluding hydrogens is 300 g/mol. The molecule has 0 atom stereocenters. The van der Waals surface area contributed by atoms with Crippen molar-refractivity contribution in [1.29, 1.82) is 0 Å². The van der Waals surface area contributed by atoms with Gasteiger partial charge in [0.25, 0.3) is 0 Å². The second-order valence-electron chi connectivity index (χ2n) is 4.95. The first-order chi connectivity index (χ1) is 10.5. The van der Waals surface area contributed by atoms with Gasteiger partial charge in [-0.05, 0) is 12.0 Å². The van der Waals surface area contributed by atoms with Crippen LogP contribution in [0.15, 0.2) is 30.3 Å². The quantitative estimate of drug-likeness (QED) is 0.889. The van der Waals surface area contributed by atoms with Crippen LogP contribution in [0.5, 0.6) is 0 Å². The average molecular weight is 318 g/mol. The van der Waals surface area contributed by atoms with Crippen molar-refractivity contribution < 1.29 is 14.7 Å². The third kappa shape index (κ3) is 3.92. The highest BCUT2D eigenvalue weighted by molar-refractivity contribution is 7.13. The minimum atomic E-state index is -0.981. The smallest absolute Gasteiger partial charge is 0.347 e. The lowest BCUT2D eigenvalue weighted by Gasteiger charge is -2.16. The van der Waals surface area contributed by atoms with Gasteiger partial charge in [0.05, 0.1) is 12.1 Å². The molecule has 1 heterocycles. The van der Waals surface area contributed by atoms with Gasteiger partial charge >= 0.3 is 5.97 Å². The standard InChI is InChI=1S/C16H18N2O3S/c1-3-12-15(16(20)21)22-13(17-12)9-14(19)18(2)10-11-7-5-4-6-8-11/h4-8H,3,9-10H2,1-2H3,(H,20,21). The van der Waals surface area contributed by atoms with Crippen molar-refractivity contribution in [2.75, 3.05) is 7.05 Å². The van der Waals surface area contributed by atoms with Gasteiger partial charge in [0, 0.05) is 13.6 Å². The molecule has 2 rings (SSSR count). The topological polar surface area (TPSA) is 70.5 Å². The summed E-state index contributed by atoms with van der Waals surface area (Å²) in [5.74, 6) is -1.05. The van der Waals surface area contributed by atoms with Gasteiger partial charge in [-0.2, -0.15) is 0 Å². The molecule has 0 aliphatic carbocycles. The normalized spacial score (nSPS) is 10.5. The van der Waals surface area contributed by atoms with Crippen molar-refractivity contribution in [3.63, 3.8) is 0 Å². The third-order valence-electron chi connectivity index (χ3n) is 3.26. The fourth-order valence-corrected chi connectivity index (χ4v) is 3.08. The van der Waals surface area contributed by atoms with Gasteiger partial charge in [-0.1, -0.05) is 37.3 Å². The molecule has 1 amide bonds. The van der Waals surface area contributed by atoms with E-state index in [0.29, 0.717) is 23.7 Å². The minimum absolute atomic E-state index is 0.0720. The number of nitrogens with zero attached hydrogens (tertiary/aromatic N) is 2. The number of likely N-dealkylation sites (N-methyl/N-ethyl adjacent to an activating group) is 1. The van der Waals surface area contributed by atoms with Crippen molar-refractivity contribution >= 4 is 23.2 Å². The molecule has 1 aromatic heterocycles. The number of carbonyl (C=O) groups excluding carboxylic acids is 1. The van der Waals surface area contributed by atoms with E-state index in [2.05, 4.69) is 4.98 Å². The Balaban J connectivity index is 2.04. The molecule has 0 saturated carbocycles. The Hall–Kier alpha value is -2.21. The summed E-state index contributed by atoms with van der Waals surface area (Å²) < 4.78 is 0. The molecule has 22 heavy (non-hydrogen) atoms. The predicted molar refractivity (Wildman–Crippen MR) is 85.1 cm³/mol. The number of benzene rings is 1. The second kappa shape index (κ2) is 7.17. The zero-order valence-electron chi connectivity index (χ0n) is 12.6. The summed E-state index contributed by atoms with van der Waals surface area (Å²) >= 11 is 1.09. The Morgan fingerprint density at radius 1 is 1.27 bits per heavy atom. The van der Waals surface area contributed by atoms with E-state index in [4.69, 9.17) is 5.11 Å². The van der Waals surface area contributed by atoms with Crippen molar-refractivity contribution in [2.24, 2.45) is 0 Å². The van der Waals surface area contributed by atoms with E-state index in [1.54, 1.807) is 11.9 Å². The summed E-state index contributed by atoms with van der Waals surface area (Å²) in [5, 5.41) is 9.68. The average Bonchev–Trinajstić information content (AvgIpc) is 2.91. The van der Waals surface area contributed by atoms with E-state index in [1.165, 1.54) is 0 Å². The zero-order chi connectivity index (χ0) is 16.1. The molecule has 0 fully saturated rings. The molecule has 6 heteroatoms. The Bertz CT molecular complexity index is 667. The van der Waals surface area contributed by atoms with Crippen LogP contribution in [0.25, 0.3) is 0 Å². The van der Waals surface area contributed by atoms with Crippen molar-refractivity contribution in [2.45, 2.75) is 26.3 Å². The van der Waals surface area contributed by atoms with Crippen LogP contribution in [0, 0.1) is 0 Å².